The lowest BCUT2D eigenvalue weighted by Gasteiger charge is -2.09. The van der Waals surface area contributed by atoms with Gasteiger partial charge in [0.2, 0.25) is 0 Å². The summed E-state index contributed by atoms with van der Waals surface area (Å²) in [4.78, 5) is 23.4. The highest BCUT2D eigenvalue weighted by Crippen LogP contribution is 2.39. The smallest absolute Gasteiger partial charge is 0.0781 e. The second-order valence-corrected chi connectivity index (χ2v) is 13.0. The van der Waals surface area contributed by atoms with Crippen LogP contribution in [0.2, 0.25) is 0 Å². The molecule has 0 spiro atoms. The Hall–Kier alpha value is -7.11. The molecule has 2 aliphatic rings. The molecule has 8 bridgehead atoms. The summed E-state index contributed by atoms with van der Waals surface area (Å²) in [5.41, 5.74) is 16.6. The summed E-state index contributed by atoms with van der Waals surface area (Å²) in [7, 11) is 0. The van der Waals surface area contributed by atoms with Gasteiger partial charge >= 0.3 is 0 Å². The SMILES string of the molecule is C1=Cc2nc1c(-c1cccc3cccnc13)c1nc(c(-c3ccccc3)c3ccc([nH]3)c(-c3ccccc3)c3ccc([nH]3)c2-c2ccccc2)C=C1. The van der Waals surface area contributed by atoms with Crippen LogP contribution in [0.5, 0.6) is 0 Å². The van der Waals surface area contributed by atoms with Crippen molar-refractivity contribution in [3.8, 4) is 44.5 Å². The van der Waals surface area contributed by atoms with Crippen LogP contribution in [-0.4, -0.2) is 24.9 Å². The second kappa shape index (κ2) is 12.3. The Balaban J connectivity index is 1.41. The standard InChI is InChI=1S/C47H31N5/c1-4-12-30(13-5-1)43-35-21-23-37(49-35)44(31-14-6-2-7-15-31)39-25-27-41(51-39)46(34-20-10-18-33-19-11-29-48-47(33)34)42-28-26-40(52-42)45(32-16-8-3-9-17-32)38-24-22-36(43)50-38/h1-29,49-50H. The number of aromatic amines is 2. The van der Waals surface area contributed by atoms with Gasteiger partial charge in [-0.3, -0.25) is 4.98 Å². The van der Waals surface area contributed by atoms with Crippen molar-refractivity contribution >= 4 is 57.3 Å². The Bertz CT molecular complexity index is 2740. The number of para-hydroxylation sites is 1. The van der Waals surface area contributed by atoms with E-state index in [4.69, 9.17) is 15.0 Å². The van der Waals surface area contributed by atoms with Gasteiger partial charge in [-0.15, -0.1) is 0 Å². The molecule has 2 aliphatic heterocycles. The Kier molecular flexibility index (Phi) is 7.07. The number of fused-ring (bicyclic) bond motifs is 9. The van der Waals surface area contributed by atoms with Crippen molar-refractivity contribution in [1.82, 2.24) is 24.9 Å². The summed E-state index contributed by atoms with van der Waals surface area (Å²) in [6.07, 6.45) is 10.3. The van der Waals surface area contributed by atoms with E-state index < -0.39 is 0 Å². The maximum Gasteiger partial charge on any atom is 0.0781 e. The van der Waals surface area contributed by atoms with Crippen LogP contribution >= 0.6 is 0 Å². The molecule has 5 heteroatoms. The van der Waals surface area contributed by atoms with Crippen LogP contribution in [0, 0.1) is 0 Å². The minimum absolute atomic E-state index is 0.838. The van der Waals surface area contributed by atoms with Crippen molar-refractivity contribution in [3.63, 3.8) is 0 Å². The molecule has 0 atom stereocenters. The van der Waals surface area contributed by atoms with Gasteiger partial charge in [0.15, 0.2) is 0 Å². The van der Waals surface area contributed by atoms with Crippen LogP contribution in [0.1, 0.15) is 22.8 Å². The van der Waals surface area contributed by atoms with Gasteiger partial charge in [-0.2, -0.15) is 0 Å². The number of aromatic nitrogens is 5. The average Bonchev–Trinajstić information content (AvgIpc) is 4.04. The predicted molar refractivity (Wildman–Crippen MR) is 216 cm³/mol. The Morgan fingerprint density at radius 1 is 0.346 bits per heavy atom. The van der Waals surface area contributed by atoms with Gasteiger partial charge in [0, 0.05) is 61.5 Å². The number of H-pyrrole nitrogens is 2. The topological polar surface area (TPSA) is 70.2 Å². The van der Waals surface area contributed by atoms with Crippen LogP contribution in [0.15, 0.2) is 152 Å². The summed E-state index contributed by atoms with van der Waals surface area (Å²) in [5, 5.41) is 1.06. The highest BCUT2D eigenvalue weighted by atomic mass is 14.8. The molecule has 0 radical (unpaired) electrons. The van der Waals surface area contributed by atoms with Crippen molar-refractivity contribution in [2.24, 2.45) is 0 Å². The summed E-state index contributed by atoms with van der Waals surface area (Å²) in [5.74, 6) is 0. The maximum absolute atomic E-state index is 5.41. The first-order chi connectivity index (χ1) is 25.8. The van der Waals surface area contributed by atoms with Gasteiger partial charge in [0.05, 0.1) is 28.3 Å². The van der Waals surface area contributed by atoms with E-state index in [1.54, 1.807) is 0 Å². The van der Waals surface area contributed by atoms with Gasteiger partial charge in [-0.05, 0) is 71.3 Å². The first-order valence-electron chi connectivity index (χ1n) is 17.5. The number of hydrogen-bond acceptors (Lipinski definition) is 3. The summed E-state index contributed by atoms with van der Waals surface area (Å²) >= 11 is 0. The van der Waals surface area contributed by atoms with E-state index in [1.165, 1.54) is 0 Å². The van der Waals surface area contributed by atoms with Crippen molar-refractivity contribution in [2.75, 3.05) is 0 Å². The van der Waals surface area contributed by atoms with Crippen LogP contribution in [0.4, 0.5) is 0 Å². The molecule has 244 valence electrons. The fourth-order valence-electron chi connectivity index (χ4n) is 7.52. The zero-order chi connectivity index (χ0) is 34.4. The van der Waals surface area contributed by atoms with Crippen LogP contribution in [-0.2, 0) is 0 Å². The van der Waals surface area contributed by atoms with Crippen LogP contribution in [0.3, 0.4) is 0 Å². The quantitative estimate of drug-likeness (QED) is 0.197. The van der Waals surface area contributed by atoms with Gasteiger partial charge < -0.3 is 9.97 Å². The zero-order valence-electron chi connectivity index (χ0n) is 28.1. The first-order valence-corrected chi connectivity index (χ1v) is 17.5. The van der Waals surface area contributed by atoms with Gasteiger partial charge in [0.1, 0.15) is 0 Å². The molecule has 4 aromatic carbocycles. The van der Waals surface area contributed by atoms with Gasteiger partial charge in [-0.1, -0.05) is 115 Å². The molecule has 8 aromatic rings. The van der Waals surface area contributed by atoms with Crippen LogP contribution < -0.4 is 0 Å². The fraction of sp³-hybridized carbons (Fsp3) is 0. The Labute approximate surface area is 300 Å². The molecule has 0 saturated carbocycles. The largest absolute Gasteiger partial charge is 0.354 e. The maximum atomic E-state index is 5.41. The number of benzene rings is 4. The number of hydrogen-bond donors (Lipinski definition) is 2. The van der Waals surface area contributed by atoms with E-state index in [1.807, 2.05) is 24.4 Å². The van der Waals surface area contributed by atoms with Crippen molar-refractivity contribution < 1.29 is 0 Å². The molecule has 6 heterocycles. The number of pyridine rings is 1. The number of rotatable bonds is 4. The lowest BCUT2D eigenvalue weighted by molar-refractivity contribution is 1.27. The lowest BCUT2D eigenvalue weighted by atomic mass is 9.99. The average molecular weight is 666 g/mol. The summed E-state index contributed by atoms with van der Waals surface area (Å²) < 4.78 is 0. The van der Waals surface area contributed by atoms with E-state index in [-0.39, 0.29) is 0 Å². The third kappa shape index (κ3) is 5.07. The Morgan fingerprint density at radius 3 is 1.27 bits per heavy atom. The zero-order valence-corrected chi connectivity index (χ0v) is 28.1. The minimum Gasteiger partial charge on any atom is -0.354 e. The minimum atomic E-state index is 0.838. The second-order valence-electron chi connectivity index (χ2n) is 13.0. The van der Waals surface area contributed by atoms with E-state index in [9.17, 15) is 0 Å². The third-order valence-corrected chi connectivity index (χ3v) is 9.84. The molecule has 0 unspecified atom stereocenters. The van der Waals surface area contributed by atoms with E-state index in [0.717, 1.165) is 100 Å². The molecule has 0 fully saturated rings. The third-order valence-electron chi connectivity index (χ3n) is 9.84. The van der Waals surface area contributed by atoms with Crippen molar-refractivity contribution in [2.45, 2.75) is 0 Å². The number of nitrogens with zero attached hydrogens (tertiary/aromatic N) is 3. The molecule has 4 aromatic heterocycles. The van der Waals surface area contributed by atoms with Crippen molar-refractivity contribution in [1.29, 1.82) is 0 Å². The molecule has 10 rings (SSSR count). The van der Waals surface area contributed by atoms with Crippen molar-refractivity contribution in [3.05, 3.63) is 175 Å². The molecule has 2 N–H and O–H groups in total. The van der Waals surface area contributed by atoms with Crippen LogP contribution in [0.25, 0.3) is 102 Å². The Morgan fingerprint density at radius 2 is 0.769 bits per heavy atom. The first kappa shape index (κ1) is 29.8. The predicted octanol–water partition coefficient (Wildman–Crippen LogP) is 11.9. The molecule has 0 saturated heterocycles. The normalized spacial score (nSPS) is 12.1. The molecular formula is C47H31N5. The van der Waals surface area contributed by atoms with E-state index in [0.29, 0.717) is 0 Å². The fourth-order valence-corrected chi connectivity index (χ4v) is 7.52. The van der Waals surface area contributed by atoms with Gasteiger partial charge in [0.25, 0.3) is 0 Å². The summed E-state index contributed by atoms with van der Waals surface area (Å²) in [6.45, 7) is 0. The highest BCUT2D eigenvalue weighted by molar-refractivity contribution is 6.03. The van der Waals surface area contributed by atoms with E-state index >= 15 is 0 Å². The van der Waals surface area contributed by atoms with Gasteiger partial charge in [-0.25, -0.2) is 9.97 Å². The monoisotopic (exact) mass is 665 g/mol. The molecule has 52 heavy (non-hydrogen) atoms. The summed E-state index contributed by atoms with van der Waals surface area (Å²) in [6, 6.07) is 50.6. The highest BCUT2D eigenvalue weighted by Gasteiger charge is 2.20. The number of nitrogens with one attached hydrogen (secondary N) is 2. The van der Waals surface area contributed by atoms with E-state index in [2.05, 4.69) is 162 Å². The molecule has 0 aliphatic carbocycles. The molecule has 0 amide bonds. The molecular weight excluding hydrogens is 635 g/mol. The molecule has 5 nitrogen and oxygen atoms in total. The lowest BCUT2D eigenvalue weighted by Crippen LogP contribution is -1.93.